The zero-order chi connectivity index (χ0) is 13.8. The van der Waals surface area contributed by atoms with E-state index >= 15 is 0 Å². The molecule has 0 amide bonds. The van der Waals surface area contributed by atoms with Crippen molar-refractivity contribution in [1.82, 2.24) is 9.97 Å². The first-order chi connectivity index (χ1) is 9.08. The van der Waals surface area contributed by atoms with E-state index in [0.717, 1.165) is 0 Å². The Morgan fingerprint density at radius 3 is 2.37 bits per heavy atom. The van der Waals surface area contributed by atoms with E-state index in [1.54, 1.807) is 0 Å². The van der Waals surface area contributed by atoms with E-state index in [4.69, 9.17) is 15.9 Å². The summed E-state index contributed by atoms with van der Waals surface area (Å²) in [6.45, 7) is 4.26. The fourth-order valence-electron chi connectivity index (χ4n) is 1.62. The van der Waals surface area contributed by atoms with Crippen molar-refractivity contribution in [2.75, 3.05) is 0 Å². The Bertz CT molecular complexity index is 578. The summed E-state index contributed by atoms with van der Waals surface area (Å²) in [6, 6.07) is 7.75. The van der Waals surface area contributed by atoms with Crippen molar-refractivity contribution in [3.05, 3.63) is 47.9 Å². The highest BCUT2D eigenvalue weighted by molar-refractivity contribution is 5.95. The highest BCUT2D eigenvalue weighted by atomic mass is 16.5. The SMILES string of the molecule is CC(C)c1ccc(Oc2nccnc2C(=N)N)cc1. The van der Waals surface area contributed by atoms with Crippen LogP contribution in [0.3, 0.4) is 0 Å². The molecule has 0 aliphatic carbocycles. The first-order valence-corrected chi connectivity index (χ1v) is 6.01. The van der Waals surface area contributed by atoms with Gasteiger partial charge in [0.1, 0.15) is 11.6 Å². The number of nitrogens with zero attached hydrogens (tertiary/aromatic N) is 2. The molecule has 0 saturated heterocycles. The molecule has 0 aliphatic heterocycles. The number of rotatable bonds is 4. The summed E-state index contributed by atoms with van der Waals surface area (Å²) in [5.41, 5.74) is 6.91. The van der Waals surface area contributed by atoms with Gasteiger partial charge in [-0.2, -0.15) is 0 Å². The third-order valence-corrected chi connectivity index (χ3v) is 2.68. The number of amidine groups is 1. The van der Waals surface area contributed by atoms with Gasteiger partial charge in [-0.15, -0.1) is 0 Å². The molecule has 1 heterocycles. The summed E-state index contributed by atoms with van der Waals surface area (Å²) in [6.07, 6.45) is 2.98. The van der Waals surface area contributed by atoms with Gasteiger partial charge < -0.3 is 10.5 Å². The Labute approximate surface area is 112 Å². The number of nitrogens with one attached hydrogen (secondary N) is 1. The molecule has 0 radical (unpaired) electrons. The average Bonchev–Trinajstić information content (AvgIpc) is 2.39. The van der Waals surface area contributed by atoms with Gasteiger partial charge in [0.05, 0.1) is 0 Å². The van der Waals surface area contributed by atoms with Crippen molar-refractivity contribution in [1.29, 1.82) is 5.41 Å². The van der Waals surface area contributed by atoms with Crippen LogP contribution in [-0.2, 0) is 0 Å². The maximum Gasteiger partial charge on any atom is 0.249 e. The van der Waals surface area contributed by atoms with Crippen LogP contribution in [0.25, 0.3) is 0 Å². The van der Waals surface area contributed by atoms with Crippen LogP contribution >= 0.6 is 0 Å². The van der Waals surface area contributed by atoms with E-state index in [2.05, 4.69) is 23.8 Å². The lowest BCUT2D eigenvalue weighted by molar-refractivity contribution is 0.458. The molecular formula is C14H16N4O. The fraction of sp³-hybridized carbons (Fsp3) is 0.214. The number of benzene rings is 1. The summed E-state index contributed by atoms with van der Waals surface area (Å²) in [7, 11) is 0. The fourth-order valence-corrected chi connectivity index (χ4v) is 1.62. The van der Waals surface area contributed by atoms with Crippen LogP contribution in [-0.4, -0.2) is 15.8 Å². The summed E-state index contributed by atoms with van der Waals surface area (Å²) < 4.78 is 5.61. The van der Waals surface area contributed by atoms with Crippen LogP contribution in [0, 0.1) is 5.41 Å². The van der Waals surface area contributed by atoms with Gasteiger partial charge in [0.15, 0.2) is 5.69 Å². The van der Waals surface area contributed by atoms with Crippen molar-refractivity contribution in [2.24, 2.45) is 5.73 Å². The molecule has 0 atom stereocenters. The van der Waals surface area contributed by atoms with Gasteiger partial charge in [0, 0.05) is 12.4 Å². The van der Waals surface area contributed by atoms with E-state index in [1.807, 2.05) is 24.3 Å². The Morgan fingerprint density at radius 2 is 1.79 bits per heavy atom. The lowest BCUT2D eigenvalue weighted by Gasteiger charge is -2.09. The first-order valence-electron chi connectivity index (χ1n) is 6.01. The maximum absolute atomic E-state index is 7.43. The van der Waals surface area contributed by atoms with Gasteiger partial charge in [-0.3, -0.25) is 5.41 Å². The monoisotopic (exact) mass is 256 g/mol. The summed E-state index contributed by atoms with van der Waals surface area (Å²) in [5, 5.41) is 7.43. The summed E-state index contributed by atoms with van der Waals surface area (Å²) in [4.78, 5) is 8.03. The van der Waals surface area contributed by atoms with Gasteiger partial charge in [-0.25, -0.2) is 9.97 Å². The van der Waals surface area contributed by atoms with Crippen molar-refractivity contribution in [2.45, 2.75) is 19.8 Å². The van der Waals surface area contributed by atoms with Crippen LogP contribution in [0.5, 0.6) is 11.6 Å². The Balaban J connectivity index is 2.24. The van der Waals surface area contributed by atoms with Crippen LogP contribution < -0.4 is 10.5 Å². The predicted octanol–water partition coefficient (Wildman–Crippen LogP) is 2.68. The van der Waals surface area contributed by atoms with Gasteiger partial charge in [0.2, 0.25) is 5.88 Å². The van der Waals surface area contributed by atoms with E-state index in [1.165, 1.54) is 18.0 Å². The minimum Gasteiger partial charge on any atom is -0.437 e. The molecule has 0 bridgehead atoms. The van der Waals surface area contributed by atoms with E-state index in [9.17, 15) is 0 Å². The minimum atomic E-state index is -0.165. The number of hydrogen-bond acceptors (Lipinski definition) is 4. The Morgan fingerprint density at radius 1 is 1.16 bits per heavy atom. The maximum atomic E-state index is 7.43. The molecule has 19 heavy (non-hydrogen) atoms. The largest absolute Gasteiger partial charge is 0.437 e. The van der Waals surface area contributed by atoms with Gasteiger partial charge >= 0.3 is 0 Å². The van der Waals surface area contributed by atoms with Gasteiger partial charge in [0.25, 0.3) is 0 Å². The molecule has 0 spiro atoms. The first kappa shape index (κ1) is 13.0. The Kier molecular flexibility index (Phi) is 3.75. The molecule has 1 aromatic carbocycles. The highest BCUT2D eigenvalue weighted by Gasteiger charge is 2.10. The molecule has 2 aromatic rings. The van der Waals surface area contributed by atoms with Gasteiger partial charge in [-0.05, 0) is 23.6 Å². The molecule has 0 saturated carbocycles. The molecule has 98 valence electrons. The smallest absolute Gasteiger partial charge is 0.249 e. The lowest BCUT2D eigenvalue weighted by Crippen LogP contribution is -2.15. The minimum absolute atomic E-state index is 0.165. The van der Waals surface area contributed by atoms with E-state index in [0.29, 0.717) is 11.7 Å². The zero-order valence-corrected chi connectivity index (χ0v) is 10.9. The highest BCUT2D eigenvalue weighted by Crippen LogP contribution is 2.23. The zero-order valence-electron chi connectivity index (χ0n) is 10.9. The van der Waals surface area contributed by atoms with E-state index < -0.39 is 0 Å². The van der Waals surface area contributed by atoms with Crippen molar-refractivity contribution in [3.8, 4) is 11.6 Å². The predicted molar refractivity (Wildman–Crippen MR) is 73.7 cm³/mol. The molecule has 5 heteroatoms. The van der Waals surface area contributed by atoms with Crippen LogP contribution in [0.15, 0.2) is 36.7 Å². The lowest BCUT2D eigenvalue weighted by atomic mass is 10.0. The molecular weight excluding hydrogens is 240 g/mol. The second-order valence-electron chi connectivity index (χ2n) is 4.45. The standard InChI is InChI=1S/C14H16N4O/c1-9(2)10-3-5-11(6-4-10)19-14-12(13(15)16)17-7-8-18-14/h3-9H,1-2H3,(H3,15,16). The Hall–Kier alpha value is -2.43. The van der Waals surface area contributed by atoms with Crippen molar-refractivity contribution < 1.29 is 4.74 Å². The normalized spacial score (nSPS) is 10.5. The molecule has 0 aliphatic rings. The number of aromatic nitrogens is 2. The molecule has 0 fully saturated rings. The quantitative estimate of drug-likeness (QED) is 0.650. The van der Waals surface area contributed by atoms with Crippen molar-refractivity contribution in [3.63, 3.8) is 0 Å². The van der Waals surface area contributed by atoms with Crippen LogP contribution in [0.2, 0.25) is 0 Å². The topological polar surface area (TPSA) is 84.9 Å². The second kappa shape index (κ2) is 5.48. The molecule has 1 aromatic heterocycles. The van der Waals surface area contributed by atoms with Crippen LogP contribution in [0.1, 0.15) is 31.0 Å². The summed E-state index contributed by atoms with van der Waals surface area (Å²) in [5.74, 6) is 1.19. The summed E-state index contributed by atoms with van der Waals surface area (Å²) >= 11 is 0. The molecule has 5 nitrogen and oxygen atoms in total. The second-order valence-corrected chi connectivity index (χ2v) is 4.45. The van der Waals surface area contributed by atoms with Crippen LogP contribution in [0.4, 0.5) is 0 Å². The molecule has 0 unspecified atom stereocenters. The number of ether oxygens (including phenoxy) is 1. The molecule has 2 rings (SSSR count). The third-order valence-electron chi connectivity index (χ3n) is 2.68. The van der Waals surface area contributed by atoms with E-state index in [-0.39, 0.29) is 17.4 Å². The molecule has 3 N–H and O–H groups in total. The van der Waals surface area contributed by atoms with Gasteiger partial charge in [-0.1, -0.05) is 26.0 Å². The average molecular weight is 256 g/mol. The third kappa shape index (κ3) is 3.07. The number of hydrogen-bond donors (Lipinski definition) is 2. The number of nitrogens with two attached hydrogens (primary N) is 1. The number of nitrogen functional groups attached to an aromatic ring is 1. The van der Waals surface area contributed by atoms with Crippen molar-refractivity contribution >= 4 is 5.84 Å².